The van der Waals surface area contributed by atoms with Gasteiger partial charge < -0.3 is 14.4 Å². The second kappa shape index (κ2) is 9.26. The highest BCUT2D eigenvalue weighted by atomic mass is 16.5. The van der Waals surface area contributed by atoms with E-state index >= 15 is 0 Å². The van der Waals surface area contributed by atoms with E-state index in [4.69, 9.17) is 9.47 Å². The number of carbonyl (C=O) groups is 2. The number of ether oxygens (including phenoxy) is 2. The van der Waals surface area contributed by atoms with E-state index in [1.165, 1.54) is 0 Å². The molecule has 7 nitrogen and oxygen atoms in total. The van der Waals surface area contributed by atoms with E-state index in [9.17, 15) is 9.59 Å². The molecular weight excluding hydrogens is 406 g/mol. The fourth-order valence-corrected chi connectivity index (χ4v) is 3.97. The van der Waals surface area contributed by atoms with Crippen LogP contribution in [0.1, 0.15) is 39.8 Å². The van der Waals surface area contributed by atoms with Crippen LogP contribution in [0, 0.1) is 13.8 Å². The Balaban J connectivity index is 1.55. The average molecular weight is 434 g/mol. The number of esters is 1. The van der Waals surface area contributed by atoms with Crippen molar-refractivity contribution >= 4 is 11.9 Å². The average Bonchev–Trinajstić information content (AvgIpc) is 3.18. The predicted molar refractivity (Wildman–Crippen MR) is 120 cm³/mol. The van der Waals surface area contributed by atoms with E-state index < -0.39 is 5.97 Å². The Bertz CT molecular complexity index is 1140. The van der Waals surface area contributed by atoms with Crippen molar-refractivity contribution in [3.8, 4) is 11.4 Å². The summed E-state index contributed by atoms with van der Waals surface area (Å²) >= 11 is 0. The van der Waals surface area contributed by atoms with Crippen LogP contribution in [0.15, 0.2) is 48.5 Å². The SMILES string of the molecule is CCOC(=O)c1nn(-c2ccccc2)c2c1CN(C(=O)COc1ccc(C)cc1C)CC2. The van der Waals surface area contributed by atoms with Gasteiger partial charge in [0.1, 0.15) is 5.75 Å². The normalized spacial score (nSPS) is 12.9. The first kappa shape index (κ1) is 21.6. The third-order valence-electron chi connectivity index (χ3n) is 5.56. The summed E-state index contributed by atoms with van der Waals surface area (Å²) in [5.41, 5.74) is 4.94. The minimum absolute atomic E-state index is 0.0548. The van der Waals surface area contributed by atoms with Gasteiger partial charge in [-0.1, -0.05) is 35.9 Å². The highest BCUT2D eigenvalue weighted by Gasteiger charge is 2.31. The van der Waals surface area contributed by atoms with E-state index in [0.717, 1.165) is 28.1 Å². The zero-order chi connectivity index (χ0) is 22.7. The molecule has 2 aromatic carbocycles. The van der Waals surface area contributed by atoms with Gasteiger partial charge in [-0.25, -0.2) is 9.48 Å². The first-order chi connectivity index (χ1) is 15.5. The van der Waals surface area contributed by atoms with Crippen molar-refractivity contribution < 1.29 is 19.1 Å². The van der Waals surface area contributed by atoms with Crippen LogP contribution in [-0.2, 0) is 22.5 Å². The quantitative estimate of drug-likeness (QED) is 0.555. The number of amides is 1. The van der Waals surface area contributed by atoms with E-state index in [-0.39, 0.29) is 24.8 Å². The highest BCUT2D eigenvalue weighted by Crippen LogP contribution is 2.26. The standard InChI is InChI=1S/C25H27N3O4/c1-4-31-25(30)24-20-15-27(23(29)16-32-22-11-10-17(2)14-18(22)3)13-12-21(20)28(26-24)19-8-6-5-7-9-19/h5-11,14H,4,12-13,15-16H2,1-3H3. The molecule has 2 heterocycles. The molecule has 0 fully saturated rings. The van der Waals surface area contributed by atoms with E-state index in [2.05, 4.69) is 5.10 Å². The lowest BCUT2D eigenvalue weighted by atomic mass is 10.0. The molecule has 1 aromatic heterocycles. The summed E-state index contributed by atoms with van der Waals surface area (Å²) in [5, 5.41) is 4.56. The number of hydrogen-bond acceptors (Lipinski definition) is 5. The number of hydrogen-bond donors (Lipinski definition) is 0. The smallest absolute Gasteiger partial charge is 0.359 e. The Kier molecular flexibility index (Phi) is 6.25. The van der Waals surface area contributed by atoms with Crippen LogP contribution in [0.3, 0.4) is 0 Å². The molecule has 1 amide bonds. The Hall–Kier alpha value is -3.61. The van der Waals surface area contributed by atoms with Crippen LogP contribution < -0.4 is 4.74 Å². The van der Waals surface area contributed by atoms with Gasteiger partial charge in [-0.05, 0) is 44.5 Å². The lowest BCUT2D eigenvalue weighted by molar-refractivity contribution is -0.134. The molecule has 0 spiro atoms. The van der Waals surface area contributed by atoms with Crippen LogP contribution >= 0.6 is 0 Å². The molecule has 0 saturated carbocycles. The maximum atomic E-state index is 12.9. The molecule has 0 unspecified atom stereocenters. The summed E-state index contributed by atoms with van der Waals surface area (Å²) < 4.78 is 12.8. The molecule has 0 saturated heterocycles. The van der Waals surface area contributed by atoms with Crippen LogP contribution in [0.4, 0.5) is 0 Å². The van der Waals surface area contributed by atoms with Crippen molar-refractivity contribution in [2.45, 2.75) is 33.7 Å². The molecule has 3 aromatic rings. The van der Waals surface area contributed by atoms with E-state index in [0.29, 0.717) is 25.3 Å². The molecule has 4 rings (SSSR count). The lowest BCUT2D eigenvalue weighted by Crippen LogP contribution is -2.39. The van der Waals surface area contributed by atoms with Gasteiger partial charge in [0.25, 0.3) is 5.91 Å². The molecule has 0 bridgehead atoms. The first-order valence-electron chi connectivity index (χ1n) is 10.8. The molecule has 1 aliphatic heterocycles. The Labute approximate surface area is 187 Å². The van der Waals surface area contributed by atoms with Crippen LogP contribution in [-0.4, -0.2) is 46.3 Å². The topological polar surface area (TPSA) is 73.7 Å². The second-order valence-corrected chi connectivity index (χ2v) is 7.86. The van der Waals surface area contributed by atoms with Gasteiger partial charge in [-0.15, -0.1) is 0 Å². The molecule has 166 valence electrons. The Morgan fingerprint density at radius 3 is 2.59 bits per heavy atom. The van der Waals surface area contributed by atoms with Gasteiger partial charge in [0.15, 0.2) is 12.3 Å². The molecule has 0 atom stereocenters. The van der Waals surface area contributed by atoms with Gasteiger partial charge >= 0.3 is 5.97 Å². The lowest BCUT2D eigenvalue weighted by Gasteiger charge is -2.28. The fraction of sp³-hybridized carbons (Fsp3) is 0.320. The van der Waals surface area contributed by atoms with Crippen LogP contribution in [0.2, 0.25) is 0 Å². The van der Waals surface area contributed by atoms with Gasteiger partial charge in [0.05, 0.1) is 24.5 Å². The molecule has 7 heteroatoms. The maximum absolute atomic E-state index is 12.9. The van der Waals surface area contributed by atoms with E-state index in [1.807, 2.05) is 62.4 Å². The van der Waals surface area contributed by atoms with Crippen LogP contribution in [0.5, 0.6) is 5.75 Å². The summed E-state index contributed by atoms with van der Waals surface area (Å²) in [6, 6.07) is 15.5. The summed E-state index contributed by atoms with van der Waals surface area (Å²) in [7, 11) is 0. The Morgan fingerprint density at radius 2 is 1.88 bits per heavy atom. The minimum atomic E-state index is -0.473. The molecular formula is C25H27N3O4. The summed E-state index contributed by atoms with van der Waals surface area (Å²) in [6.45, 7) is 6.78. The molecule has 1 aliphatic rings. The number of nitrogens with zero attached hydrogens (tertiary/aromatic N) is 3. The van der Waals surface area contributed by atoms with Crippen molar-refractivity contribution in [3.63, 3.8) is 0 Å². The number of benzene rings is 2. The third-order valence-corrected chi connectivity index (χ3v) is 5.56. The number of carbonyl (C=O) groups excluding carboxylic acids is 2. The van der Waals surface area contributed by atoms with Gasteiger partial charge in [0.2, 0.25) is 0 Å². The van der Waals surface area contributed by atoms with Gasteiger partial charge in [0, 0.05) is 18.5 Å². The van der Waals surface area contributed by atoms with Crippen molar-refractivity contribution in [3.05, 3.63) is 76.6 Å². The van der Waals surface area contributed by atoms with Crippen molar-refractivity contribution in [2.75, 3.05) is 19.8 Å². The minimum Gasteiger partial charge on any atom is -0.484 e. The first-order valence-corrected chi connectivity index (χ1v) is 10.8. The molecule has 32 heavy (non-hydrogen) atoms. The van der Waals surface area contributed by atoms with Crippen molar-refractivity contribution in [1.29, 1.82) is 0 Å². The molecule has 0 N–H and O–H groups in total. The molecule has 0 radical (unpaired) electrons. The Morgan fingerprint density at radius 1 is 1.09 bits per heavy atom. The largest absolute Gasteiger partial charge is 0.484 e. The maximum Gasteiger partial charge on any atom is 0.359 e. The number of aryl methyl sites for hydroxylation is 2. The zero-order valence-electron chi connectivity index (χ0n) is 18.6. The zero-order valence-corrected chi connectivity index (χ0v) is 18.6. The van der Waals surface area contributed by atoms with Crippen LogP contribution in [0.25, 0.3) is 5.69 Å². The van der Waals surface area contributed by atoms with Gasteiger partial charge in [-0.2, -0.15) is 5.10 Å². The second-order valence-electron chi connectivity index (χ2n) is 7.86. The van der Waals surface area contributed by atoms with Crippen molar-refractivity contribution in [2.24, 2.45) is 0 Å². The molecule has 0 aliphatic carbocycles. The fourth-order valence-electron chi connectivity index (χ4n) is 3.97. The number of fused-ring (bicyclic) bond motifs is 1. The predicted octanol–water partition coefficient (Wildman–Crippen LogP) is 3.63. The number of para-hydroxylation sites is 1. The van der Waals surface area contributed by atoms with Gasteiger partial charge in [-0.3, -0.25) is 4.79 Å². The third kappa shape index (κ3) is 4.37. The monoisotopic (exact) mass is 433 g/mol. The number of rotatable bonds is 6. The number of aromatic nitrogens is 2. The summed E-state index contributed by atoms with van der Waals surface area (Å²) in [4.78, 5) is 27.2. The highest BCUT2D eigenvalue weighted by molar-refractivity contribution is 5.90. The summed E-state index contributed by atoms with van der Waals surface area (Å²) in [6.07, 6.45) is 0.589. The summed E-state index contributed by atoms with van der Waals surface area (Å²) in [5.74, 6) is 0.0999. The van der Waals surface area contributed by atoms with Crippen molar-refractivity contribution in [1.82, 2.24) is 14.7 Å². The van der Waals surface area contributed by atoms with E-state index in [1.54, 1.807) is 16.5 Å².